The van der Waals surface area contributed by atoms with Crippen LogP contribution in [0.4, 0.5) is 0 Å². The van der Waals surface area contributed by atoms with Crippen molar-refractivity contribution in [1.29, 1.82) is 0 Å². The van der Waals surface area contributed by atoms with Crippen LogP contribution in [-0.4, -0.2) is 21.2 Å². The molecule has 0 aromatic carbocycles. The molecule has 0 bridgehead atoms. The zero-order valence-electron chi connectivity index (χ0n) is 9.21. The van der Waals surface area contributed by atoms with Crippen molar-refractivity contribution in [2.75, 3.05) is 0 Å². The zero-order chi connectivity index (χ0) is 10.1. The van der Waals surface area contributed by atoms with Gasteiger partial charge >= 0.3 is 0 Å². The summed E-state index contributed by atoms with van der Waals surface area (Å²) >= 11 is 1.97. The van der Waals surface area contributed by atoms with E-state index in [2.05, 4.69) is 20.8 Å². The third kappa shape index (κ3) is 2.88. The molecule has 1 saturated carbocycles. The monoisotopic (exact) mass is 202 g/mol. The first-order chi connectivity index (χ1) is 5.93. The molecule has 0 spiro atoms. The molecule has 78 valence electrons. The Kier molecular flexibility index (Phi) is 3.70. The second kappa shape index (κ2) is 4.22. The molecule has 1 N–H and O–H groups in total. The van der Waals surface area contributed by atoms with Gasteiger partial charge in [0.1, 0.15) is 0 Å². The minimum absolute atomic E-state index is 0.409. The van der Waals surface area contributed by atoms with Crippen LogP contribution in [0.2, 0.25) is 0 Å². The van der Waals surface area contributed by atoms with Crippen LogP contribution in [0.15, 0.2) is 0 Å². The largest absolute Gasteiger partial charge is 0.389 e. The molecule has 0 aromatic heterocycles. The van der Waals surface area contributed by atoms with Crippen LogP contribution in [0.3, 0.4) is 0 Å². The maximum Gasteiger partial charge on any atom is 0.0737 e. The molecule has 0 aliphatic heterocycles. The molecule has 0 amide bonds. The van der Waals surface area contributed by atoms with Gasteiger partial charge in [0.2, 0.25) is 0 Å². The molecular formula is C11H22OS. The van der Waals surface area contributed by atoms with Crippen molar-refractivity contribution in [3.63, 3.8) is 0 Å². The van der Waals surface area contributed by atoms with Crippen molar-refractivity contribution in [1.82, 2.24) is 0 Å². The van der Waals surface area contributed by atoms with E-state index in [0.29, 0.717) is 16.4 Å². The van der Waals surface area contributed by atoms with Gasteiger partial charge in [0, 0.05) is 10.5 Å². The summed E-state index contributed by atoms with van der Waals surface area (Å²) in [6.07, 6.45) is 3.36. The van der Waals surface area contributed by atoms with E-state index in [0.717, 1.165) is 6.42 Å². The van der Waals surface area contributed by atoms with Gasteiger partial charge in [-0.05, 0) is 32.1 Å². The van der Waals surface area contributed by atoms with Crippen LogP contribution < -0.4 is 0 Å². The number of thioether (sulfide) groups is 1. The van der Waals surface area contributed by atoms with Gasteiger partial charge in [-0.2, -0.15) is 11.8 Å². The topological polar surface area (TPSA) is 20.2 Å². The van der Waals surface area contributed by atoms with Crippen LogP contribution >= 0.6 is 11.8 Å². The predicted molar refractivity (Wildman–Crippen MR) is 60.2 cm³/mol. The van der Waals surface area contributed by atoms with E-state index >= 15 is 0 Å². The lowest BCUT2D eigenvalue weighted by atomic mass is 10.1. The summed E-state index contributed by atoms with van der Waals surface area (Å²) in [6, 6.07) is 0. The SMILES string of the molecule is CC(C)C(C)SC1CCCC1(C)O. The molecule has 0 saturated heterocycles. The standard InChI is InChI=1S/C11H22OS/c1-8(2)9(3)13-10-6-5-7-11(10,4)12/h8-10,12H,5-7H2,1-4H3. The van der Waals surface area contributed by atoms with Crippen LogP contribution in [-0.2, 0) is 0 Å². The first-order valence-electron chi connectivity index (χ1n) is 5.31. The fourth-order valence-electron chi connectivity index (χ4n) is 1.75. The summed E-state index contributed by atoms with van der Waals surface area (Å²) in [5.74, 6) is 0.710. The summed E-state index contributed by atoms with van der Waals surface area (Å²) in [4.78, 5) is 0. The van der Waals surface area contributed by atoms with Crippen molar-refractivity contribution in [2.45, 2.75) is 63.1 Å². The van der Waals surface area contributed by atoms with Gasteiger partial charge < -0.3 is 5.11 Å². The Hall–Kier alpha value is 0.310. The van der Waals surface area contributed by atoms with Crippen molar-refractivity contribution in [2.24, 2.45) is 5.92 Å². The van der Waals surface area contributed by atoms with Crippen molar-refractivity contribution in [3.8, 4) is 0 Å². The van der Waals surface area contributed by atoms with Gasteiger partial charge in [0.15, 0.2) is 0 Å². The average Bonchev–Trinajstić information content (AvgIpc) is 2.30. The normalized spacial score (nSPS) is 36.9. The third-order valence-corrected chi connectivity index (χ3v) is 5.21. The van der Waals surface area contributed by atoms with E-state index in [1.54, 1.807) is 0 Å². The molecule has 1 fully saturated rings. The van der Waals surface area contributed by atoms with E-state index in [1.807, 2.05) is 18.7 Å². The summed E-state index contributed by atoms with van der Waals surface area (Å²) in [7, 11) is 0. The highest BCUT2D eigenvalue weighted by Crippen LogP contribution is 2.41. The van der Waals surface area contributed by atoms with E-state index < -0.39 is 5.60 Å². The van der Waals surface area contributed by atoms with Gasteiger partial charge in [0.25, 0.3) is 0 Å². The maximum atomic E-state index is 10.1. The Morgan fingerprint density at radius 2 is 2.00 bits per heavy atom. The lowest BCUT2D eigenvalue weighted by Crippen LogP contribution is -2.33. The molecule has 0 aromatic rings. The van der Waals surface area contributed by atoms with Crippen LogP contribution in [0, 0.1) is 5.92 Å². The van der Waals surface area contributed by atoms with E-state index in [9.17, 15) is 5.11 Å². The van der Waals surface area contributed by atoms with Crippen molar-refractivity contribution in [3.05, 3.63) is 0 Å². The van der Waals surface area contributed by atoms with Gasteiger partial charge in [-0.1, -0.05) is 20.8 Å². The highest BCUT2D eigenvalue weighted by atomic mass is 32.2. The van der Waals surface area contributed by atoms with Crippen molar-refractivity contribution < 1.29 is 5.11 Å². The minimum atomic E-state index is -0.409. The summed E-state index contributed by atoms with van der Waals surface area (Å²) in [5, 5.41) is 11.2. The van der Waals surface area contributed by atoms with Gasteiger partial charge in [-0.15, -0.1) is 0 Å². The first-order valence-corrected chi connectivity index (χ1v) is 6.25. The third-order valence-electron chi connectivity index (χ3n) is 3.16. The summed E-state index contributed by atoms with van der Waals surface area (Å²) in [6.45, 7) is 8.76. The predicted octanol–water partition coefficient (Wildman–Crippen LogP) is 3.07. The molecule has 13 heavy (non-hydrogen) atoms. The highest BCUT2D eigenvalue weighted by molar-refractivity contribution is 8.00. The number of hydrogen-bond acceptors (Lipinski definition) is 2. The summed E-state index contributed by atoms with van der Waals surface area (Å²) < 4.78 is 0. The Balaban J connectivity index is 2.45. The Labute approximate surface area is 86.3 Å². The fourth-order valence-corrected chi connectivity index (χ4v) is 3.29. The molecular weight excluding hydrogens is 180 g/mol. The van der Waals surface area contributed by atoms with E-state index in [4.69, 9.17) is 0 Å². The average molecular weight is 202 g/mol. The quantitative estimate of drug-likeness (QED) is 0.759. The molecule has 1 aliphatic carbocycles. The second-order valence-electron chi connectivity index (χ2n) is 4.82. The minimum Gasteiger partial charge on any atom is -0.389 e. The molecule has 1 nitrogen and oxygen atoms in total. The lowest BCUT2D eigenvalue weighted by molar-refractivity contribution is 0.0732. The van der Waals surface area contributed by atoms with E-state index in [-0.39, 0.29) is 0 Å². The Morgan fingerprint density at radius 1 is 1.38 bits per heavy atom. The number of hydrogen-bond donors (Lipinski definition) is 1. The van der Waals surface area contributed by atoms with Crippen LogP contribution in [0.5, 0.6) is 0 Å². The Bertz CT molecular complexity index is 165. The molecule has 1 aliphatic rings. The molecule has 3 unspecified atom stereocenters. The van der Waals surface area contributed by atoms with Gasteiger partial charge in [-0.3, -0.25) is 0 Å². The first kappa shape index (κ1) is 11.4. The van der Waals surface area contributed by atoms with Crippen molar-refractivity contribution >= 4 is 11.8 Å². The smallest absolute Gasteiger partial charge is 0.0737 e. The number of rotatable bonds is 3. The molecule has 2 heteroatoms. The van der Waals surface area contributed by atoms with Crippen LogP contribution in [0.1, 0.15) is 47.0 Å². The lowest BCUT2D eigenvalue weighted by Gasteiger charge is -2.28. The van der Waals surface area contributed by atoms with E-state index in [1.165, 1.54) is 12.8 Å². The molecule has 1 rings (SSSR count). The van der Waals surface area contributed by atoms with Gasteiger partial charge in [-0.25, -0.2) is 0 Å². The fraction of sp³-hybridized carbons (Fsp3) is 1.00. The summed E-state index contributed by atoms with van der Waals surface area (Å²) in [5.41, 5.74) is -0.409. The zero-order valence-corrected chi connectivity index (χ0v) is 10.0. The highest BCUT2D eigenvalue weighted by Gasteiger charge is 2.38. The number of aliphatic hydroxyl groups is 1. The maximum absolute atomic E-state index is 10.1. The Morgan fingerprint density at radius 3 is 2.38 bits per heavy atom. The van der Waals surface area contributed by atoms with Crippen LogP contribution in [0.25, 0.3) is 0 Å². The second-order valence-corrected chi connectivity index (χ2v) is 6.41. The van der Waals surface area contributed by atoms with Gasteiger partial charge in [0.05, 0.1) is 5.60 Å². The molecule has 3 atom stereocenters. The molecule has 0 heterocycles. The molecule has 0 radical (unpaired) electrons.